The zero-order valence-corrected chi connectivity index (χ0v) is 13.1. The van der Waals surface area contributed by atoms with E-state index < -0.39 is 36.6 Å². The summed E-state index contributed by atoms with van der Waals surface area (Å²) in [5.41, 5.74) is 0.743. The summed E-state index contributed by atoms with van der Waals surface area (Å²) < 4.78 is 43.4. The highest BCUT2D eigenvalue weighted by Crippen LogP contribution is 2.30. The van der Waals surface area contributed by atoms with Crippen molar-refractivity contribution in [2.24, 2.45) is 0 Å². The van der Waals surface area contributed by atoms with Gasteiger partial charge in [-0.05, 0) is 19.4 Å². The molecule has 1 fully saturated rings. The minimum atomic E-state index is -3.61. The van der Waals surface area contributed by atoms with Crippen LogP contribution in [-0.4, -0.2) is 53.4 Å². The molecule has 3 atom stereocenters. The normalized spacial score (nSPS) is 23.7. The van der Waals surface area contributed by atoms with Crippen molar-refractivity contribution >= 4 is 0 Å². The molecule has 23 heavy (non-hydrogen) atoms. The van der Waals surface area contributed by atoms with Crippen molar-refractivity contribution in [2.45, 2.75) is 50.5 Å². The number of hydrogen-bond donors (Lipinski definition) is 2. The second kappa shape index (κ2) is 7.19. The molecule has 1 aliphatic rings. The number of benzene rings is 1. The predicted octanol–water partition coefficient (Wildman–Crippen LogP) is 1.71. The molecule has 1 saturated heterocycles. The lowest BCUT2D eigenvalue weighted by Gasteiger charge is -2.29. The van der Waals surface area contributed by atoms with E-state index in [9.17, 15) is 19.0 Å². The molecule has 7 heteroatoms. The predicted molar refractivity (Wildman–Crippen MR) is 78.0 cm³/mol. The summed E-state index contributed by atoms with van der Waals surface area (Å²) in [5.74, 6) is -4.57. The van der Waals surface area contributed by atoms with Crippen molar-refractivity contribution in [1.82, 2.24) is 0 Å². The molecular formula is C16H22F2O5. The first kappa shape index (κ1) is 18.2. The number of rotatable bonds is 7. The molecule has 0 spiro atoms. The van der Waals surface area contributed by atoms with Gasteiger partial charge in [0, 0.05) is 0 Å². The van der Waals surface area contributed by atoms with Gasteiger partial charge in [0.2, 0.25) is 0 Å². The van der Waals surface area contributed by atoms with Gasteiger partial charge in [0.15, 0.2) is 5.79 Å². The van der Waals surface area contributed by atoms with Crippen molar-refractivity contribution in [3.8, 4) is 0 Å². The molecule has 130 valence electrons. The van der Waals surface area contributed by atoms with Crippen molar-refractivity contribution < 1.29 is 33.2 Å². The highest BCUT2D eigenvalue weighted by molar-refractivity contribution is 5.13. The van der Waals surface area contributed by atoms with Crippen LogP contribution < -0.4 is 0 Å². The van der Waals surface area contributed by atoms with Crippen molar-refractivity contribution in [3.63, 3.8) is 0 Å². The zero-order chi connectivity index (χ0) is 17.1. The van der Waals surface area contributed by atoms with Gasteiger partial charge in [-0.3, -0.25) is 0 Å². The molecule has 0 aromatic heterocycles. The zero-order valence-electron chi connectivity index (χ0n) is 13.1. The number of aliphatic hydroxyl groups excluding tert-OH is 2. The molecule has 1 aromatic carbocycles. The number of ether oxygens (including phenoxy) is 3. The van der Waals surface area contributed by atoms with E-state index in [-0.39, 0.29) is 13.2 Å². The van der Waals surface area contributed by atoms with Crippen LogP contribution in [0.2, 0.25) is 0 Å². The molecule has 1 aliphatic heterocycles. The summed E-state index contributed by atoms with van der Waals surface area (Å²) >= 11 is 0. The third-order valence-corrected chi connectivity index (χ3v) is 3.57. The molecule has 2 rings (SSSR count). The van der Waals surface area contributed by atoms with E-state index in [1.807, 2.05) is 6.07 Å². The van der Waals surface area contributed by atoms with Gasteiger partial charge in [0.25, 0.3) is 5.92 Å². The lowest BCUT2D eigenvalue weighted by atomic mass is 10.0. The molecule has 0 aliphatic carbocycles. The molecule has 0 radical (unpaired) electrons. The van der Waals surface area contributed by atoms with Gasteiger partial charge in [-0.1, -0.05) is 30.3 Å². The van der Waals surface area contributed by atoms with Gasteiger partial charge in [0.1, 0.15) is 24.9 Å². The van der Waals surface area contributed by atoms with Gasteiger partial charge < -0.3 is 24.4 Å². The van der Waals surface area contributed by atoms with Crippen LogP contribution in [0.1, 0.15) is 19.4 Å². The maximum absolute atomic E-state index is 14.0. The van der Waals surface area contributed by atoms with E-state index in [2.05, 4.69) is 0 Å². The standard InChI is InChI=1S/C16H22F2O5/c1-15(2)22-9-12(23-15)13(19)14(20)16(17,18)10-21-8-11-6-4-3-5-7-11/h3-7,12-14,19-20H,8-10H2,1-2H3/t12?,13?,14-/m1/s1. The van der Waals surface area contributed by atoms with Crippen LogP contribution in [0.3, 0.4) is 0 Å². The second-order valence-corrected chi connectivity index (χ2v) is 6.04. The largest absolute Gasteiger partial charge is 0.387 e. The first-order valence-corrected chi connectivity index (χ1v) is 7.39. The number of alkyl halides is 2. The summed E-state index contributed by atoms with van der Waals surface area (Å²) in [6.45, 7) is 2.14. The average molecular weight is 332 g/mol. The van der Waals surface area contributed by atoms with Crippen LogP contribution in [0.15, 0.2) is 30.3 Å². The quantitative estimate of drug-likeness (QED) is 0.796. The van der Waals surface area contributed by atoms with Crippen LogP contribution in [0.4, 0.5) is 8.78 Å². The Kier molecular flexibility index (Phi) is 5.70. The number of halogens is 2. The molecule has 0 saturated carbocycles. The third-order valence-electron chi connectivity index (χ3n) is 3.57. The van der Waals surface area contributed by atoms with Crippen LogP contribution in [0, 0.1) is 0 Å². The fourth-order valence-corrected chi connectivity index (χ4v) is 2.30. The Balaban J connectivity index is 1.85. The minimum Gasteiger partial charge on any atom is -0.387 e. The second-order valence-electron chi connectivity index (χ2n) is 6.04. The highest BCUT2D eigenvalue weighted by atomic mass is 19.3. The van der Waals surface area contributed by atoms with Gasteiger partial charge in [-0.25, -0.2) is 8.78 Å². The molecule has 2 N–H and O–H groups in total. The number of aliphatic hydroxyl groups is 2. The monoisotopic (exact) mass is 332 g/mol. The van der Waals surface area contributed by atoms with E-state index in [1.165, 1.54) is 0 Å². The van der Waals surface area contributed by atoms with E-state index in [4.69, 9.17) is 14.2 Å². The van der Waals surface area contributed by atoms with Gasteiger partial charge in [-0.2, -0.15) is 0 Å². The van der Waals surface area contributed by atoms with Gasteiger partial charge in [-0.15, -0.1) is 0 Å². The topological polar surface area (TPSA) is 68.2 Å². The minimum absolute atomic E-state index is 0.00465. The SMILES string of the molecule is CC1(C)OCC(C(O)[C@@H](O)C(F)(F)COCc2ccccc2)O1. The summed E-state index contributed by atoms with van der Waals surface area (Å²) in [5, 5.41) is 19.7. The highest BCUT2D eigenvalue weighted by Gasteiger charge is 2.49. The van der Waals surface area contributed by atoms with E-state index in [0.717, 1.165) is 5.56 Å². The smallest absolute Gasteiger partial charge is 0.298 e. The van der Waals surface area contributed by atoms with E-state index in [0.29, 0.717) is 0 Å². The maximum Gasteiger partial charge on any atom is 0.298 e. The van der Waals surface area contributed by atoms with Gasteiger partial charge in [0.05, 0.1) is 13.2 Å². The van der Waals surface area contributed by atoms with Crippen LogP contribution in [0.5, 0.6) is 0 Å². The van der Waals surface area contributed by atoms with Crippen molar-refractivity contribution in [2.75, 3.05) is 13.2 Å². The lowest BCUT2D eigenvalue weighted by Crippen LogP contribution is -2.51. The molecule has 1 heterocycles. The Labute approximate surface area is 133 Å². The Morgan fingerprint density at radius 3 is 2.52 bits per heavy atom. The van der Waals surface area contributed by atoms with Gasteiger partial charge >= 0.3 is 0 Å². The van der Waals surface area contributed by atoms with E-state index >= 15 is 0 Å². The first-order valence-electron chi connectivity index (χ1n) is 7.39. The Hall–Kier alpha value is -1.12. The van der Waals surface area contributed by atoms with E-state index in [1.54, 1.807) is 38.1 Å². The summed E-state index contributed by atoms with van der Waals surface area (Å²) in [6.07, 6.45) is -5.09. The Morgan fingerprint density at radius 1 is 1.30 bits per heavy atom. The number of hydrogen-bond acceptors (Lipinski definition) is 5. The molecular weight excluding hydrogens is 310 g/mol. The Bertz CT molecular complexity index is 495. The molecule has 1 aromatic rings. The summed E-state index contributed by atoms with van der Waals surface area (Å²) in [6, 6.07) is 8.84. The maximum atomic E-state index is 14.0. The van der Waals surface area contributed by atoms with Crippen LogP contribution in [0.25, 0.3) is 0 Å². The molecule has 5 nitrogen and oxygen atoms in total. The van der Waals surface area contributed by atoms with Crippen molar-refractivity contribution in [1.29, 1.82) is 0 Å². The van der Waals surface area contributed by atoms with Crippen LogP contribution >= 0.6 is 0 Å². The summed E-state index contributed by atoms with van der Waals surface area (Å²) in [7, 11) is 0. The Morgan fingerprint density at radius 2 is 1.96 bits per heavy atom. The fourth-order valence-electron chi connectivity index (χ4n) is 2.30. The molecule has 0 amide bonds. The van der Waals surface area contributed by atoms with Crippen molar-refractivity contribution in [3.05, 3.63) is 35.9 Å². The first-order chi connectivity index (χ1) is 10.7. The molecule has 2 unspecified atom stereocenters. The third kappa shape index (κ3) is 4.92. The lowest BCUT2D eigenvalue weighted by molar-refractivity contribution is -0.211. The van der Waals surface area contributed by atoms with Crippen LogP contribution in [-0.2, 0) is 20.8 Å². The summed E-state index contributed by atoms with van der Waals surface area (Å²) in [4.78, 5) is 0. The fraction of sp³-hybridized carbons (Fsp3) is 0.625. The average Bonchev–Trinajstić information content (AvgIpc) is 2.87. The molecule has 0 bridgehead atoms.